The summed E-state index contributed by atoms with van der Waals surface area (Å²) >= 11 is 12.4. The van der Waals surface area contributed by atoms with Crippen LogP contribution in [0, 0.1) is 20.2 Å². The molecule has 0 aromatic heterocycles. The van der Waals surface area contributed by atoms with Crippen LogP contribution in [0.3, 0.4) is 0 Å². The summed E-state index contributed by atoms with van der Waals surface area (Å²) in [6.45, 7) is 0. The van der Waals surface area contributed by atoms with E-state index in [0.717, 1.165) is 0 Å². The van der Waals surface area contributed by atoms with Crippen molar-refractivity contribution in [3.63, 3.8) is 0 Å². The minimum atomic E-state index is -0.575. The fourth-order valence-electron chi connectivity index (χ4n) is 4.18. The average Bonchev–Trinajstić information content (AvgIpc) is 2.89. The van der Waals surface area contributed by atoms with E-state index in [9.17, 15) is 29.8 Å². The van der Waals surface area contributed by atoms with E-state index in [1.807, 2.05) is 0 Å². The Morgan fingerprint density at radius 1 is 0.579 bits per heavy atom. The molecule has 188 valence electrons. The van der Waals surface area contributed by atoms with Gasteiger partial charge in [0.25, 0.3) is 11.4 Å². The van der Waals surface area contributed by atoms with Gasteiger partial charge in [0.05, 0.1) is 53.8 Å². The highest BCUT2D eigenvalue weighted by atomic mass is 35.5. The predicted octanol–water partition coefficient (Wildman–Crippen LogP) is 7.07. The van der Waals surface area contributed by atoms with Crippen LogP contribution < -0.4 is 10.6 Å². The molecule has 0 aliphatic heterocycles. The van der Waals surface area contributed by atoms with Gasteiger partial charge in [-0.15, -0.1) is 0 Å². The Morgan fingerprint density at radius 3 is 1.32 bits per heavy atom. The van der Waals surface area contributed by atoms with Gasteiger partial charge in [-0.2, -0.15) is 0 Å². The van der Waals surface area contributed by atoms with Crippen molar-refractivity contribution < 1.29 is 19.4 Å². The van der Waals surface area contributed by atoms with Crippen molar-refractivity contribution in [1.29, 1.82) is 0 Å². The SMILES string of the molecule is O=C1c2cccc(Nc3ccc([N+](=O)[O-])cc3Cl)c2C(=O)c2cccc(Nc3ccc([N+](=O)[O-])cc3Cl)c21. The first-order valence-corrected chi connectivity index (χ1v) is 11.7. The standard InChI is InChI=1S/C26H14Cl2N4O6/c27-17-11-13(31(35)36)7-9-19(17)29-21-5-1-3-15-23(21)26(34)16-4-2-6-22(24(16)25(15)33)30-20-10-8-14(32(37)38)12-18(20)28/h1-12,29-30H. The van der Waals surface area contributed by atoms with Gasteiger partial charge in [-0.05, 0) is 24.3 Å². The number of non-ortho nitro benzene ring substituents is 2. The summed E-state index contributed by atoms with van der Waals surface area (Å²) in [6, 6.07) is 17.2. The second-order valence-corrected chi connectivity index (χ2v) is 9.02. The number of halogens is 2. The van der Waals surface area contributed by atoms with Crippen molar-refractivity contribution in [2.75, 3.05) is 10.6 Å². The molecule has 5 rings (SSSR count). The first-order valence-electron chi connectivity index (χ1n) is 10.9. The topological polar surface area (TPSA) is 144 Å². The van der Waals surface area contributed by atoms with Crippen molar-refractivity contribution >= 4 is 68.9 Å². The third-order valence-electron chi connectivity index (χ3n) is 5.94. The fourth-order valence-corrected chi connectivity index (χ4v) is 4.62. The molecule has 0 heterocycles. The molecule has 0 bridgehead atoms. The summed E-state index contributed by atoms with van der Waals surface area (Å²) in [5, 5.41) is 28.2. The molecule has 2 N–H and O–H groups in total. The van der Waals surface area contributed by atoms with Crippen molar-refractivity contribution in [3.8, 4) is 0 Å². The molecule has 1 aliphatic rings. The zero-order chi connectivity index (χ0) is 27.1. The van der Waals surface area contributed by atoms with Gasteiger partial charge >= 0.3 is 0 Å². The molecule has 1 aliphatic carbocycles. The molecular formula is C26H14Cl2N4O6. The van der Waals surface area contributed by atoms with Gasteiger partial charge in [-0.1, -0.05) is 47.5 Å². The number of anilines is 4. The van der Waals surface area contributed by atoms with E-state index < -0.39 is 21.4 Å². The zero-order valence-electron chi connectivity index (χ0n) is 19.0. The number of benzene rings is 4. The largest absolute Gasteiger partial charge is 0.354 e. The van der Waals surface area contributed by atoms with Crippen LogP contribution in [0.1, 0.15) is 31.8 Å². The van der Waals surface area contributed by atoms with Crippen molar-refractivity contribution in [3.05, 3.63) is 125 Å². The molecule has 0 spiro atoms. The summed E-state index contributed by atoms with van der Waals surface area (Å²) in [7, 11) is 0. The monoisotopic (exact) mass is 548 g/mol. The van der Waals surface area contributed by atoms with Crippen molar-refractivity contribution in [2.24, 2.45) is 0 Å². The van der Waals surface area contributed by atoms with E-state index in [2.05, 4.69) is 10.6 Å². The third kappa shape index (κ3) is 4.32. The fraction of sp³-hybridized carbons (Fsp3) is 0. The maximum Gasteiger partial charge on any atom is 0.271 e. The second kappa shape index (κ2) is 9.58. The van der Waals surface area contributed by atoms with E-state index in [1.165, 1.54) is 48.5 Å². The molecule has 0 fully saturated rings. The molecule has 10 nitrogen and oxygen atoms in total. The Bertz CT molecular complexity index is 1580. The van der Waals surface area contributed by atoms with Crippen LogP contribution in [-0.4, -0.2) is 21.4 Å². The maximum absolute atomic E-state index is 13.6. The van der Waals surface area contributed by atoms with Gasteiger partial charge in [0.2, 0.25) is 0 Å². The molecule has 0 saturated carbocycles. The van der Waals surface area contributed by atoms with E-state index in [4.69, 9.17) is 23.2 Å². The zero-order valence-corrected chi connectivity index (χ0v) is 20.5. The molecular weight excluding hydrogens is 535 g/mol. The first-order chi connectivity index (χ1) is 18.2. The Labute approximate surface area is 224 Å². The number of hydrogen-bond donors (Lipinski definition) is 2. The normalized spacial score (nSPS) is 11.9. The Hall–Kier alpha value is -4.80. The van der Waals surface area contributed by atoms with E-state index in [-0.39, 0.29) is 43.7 Å². The van der Waals surface area contributed by atoms with Gasteiger partial charge in [0, 0.05) is 35.4 Å². The van der Waals surface area contributed by atoms with Crippen LogP contribution in [0.2, 0.25) is 10.0 Å². The number of rotatable bonds is 6. The number of nitro benzene ring substituents is 2. The quantitative estimate of drug-likeness (QED) is 0.169. The van der Waals surface area contributed by atoms with E-state index >= 15 is 0 Å². The number of ketones is 2. The lowest BCUT2D eigenvalue weighted by atomic mass is 9.82. The highest BCUT2D eigenvalue weighted by Gasteiger charge is 2.34. The lowest BCUT2D eigenvalue weighted by molar-refractivity contribution is -0.385. The Morgan fingerprint density at radius 2 is 0.974 bits per heavy atom. The minimum Gasteiger partial charge on any atom is -0.354 e. The molecule has 0 unspecified atom stereocenters. The smallest absolute Gasteiger partial charge is 0.271 e. The van der Waals surface area contributed by atoms with Gasteiger partial charge in [-0.3, -0.25) is 29.8 Å². The van der Waals surface area contributed by atoms with Gasteiger partial charge in [0.15, 0.2) is 11.6 Å². The van der Waals surface area contributed by atoms with Crippen LogP contribution in [0.4, 0.5) is 34.1 Å². The molecule has 0 saturated heterocycles. The van der Waals surface area contributed by atoms with Gasteiger partial charge < -0.3 is 10.6 Å². The molecule has 4 aromatic carbocycles. The van der Waals surface area contributed by atoms with Gasteiger partial charge in [-0.25, -0.2) is 0 Å². The first kappa shape index (κ1) is 24.9. The third-order valence-corrected chi connectivity index (χ3v) is 6.56. The lowest BCUT2D eigenvalue weighted by Gasteiger charge is -2.23. The summed E-state index contributed by atoms with van der Waals surface area (Å²) in [6.07, 6.45) is 0. The molecule has 38 heavy (non-hydrogen) atoms. The van der Waals surface area contributed by atoms with Crippen molar-refractivity contribution in [1.82, 2.24) is 0 Å². The molecule has 0 atom stereocenters. The number of nitro groups is 2. The molecule has 0 radical (unpaired) electrons. The second-order valence-electron chi connectivity index (χ2n) is 8.21. The number of carbonyl (C=O) groups is 2. The summed E-state index contributed by atoms with van der Waals surface area (Å²) in [5.41, 5.74) is 1.42. The number of carbonyl (C=O) groups excluding carboxylic acids is 2. The summed E-state index contributed by atoms with van der Waals surface area (Å²) in [5.74, 6) is -0.844. The van der Waals surface area contributed by atoms with Crippen LogP contribution in [0.25, 0.3) is 0 Å². The minimum absolute atomic E-state index is 0.0678. The highest BCUT2D eigenvalue weighted by molar-refractivity contribution is 6.35. The number of hydrogen-bond acceptors (Lipinski definition) is 8. The van der Waals surface area contributed by atoms with Crippen LogP contribution in [0.5, 0.6) is 0 Å². The van der Waals surface area contributed by atoms with E-state index in [0.29, 0.717) is 22.7 Å². The summed E-state index contributed by atoms with van der Waals surface area (Å²) in [4.78, 5) is 48.2. The van der Waals surface area contributed by atoms with Crippen molar-refractivity contribution in [2.45, 2.75) is 0 Å². The molecule has 4 aromatic rings. The van der Waals surface area contributed by atoms with Crippen LogP contribution >= 0.6 is 23.2 Å². The highest BCUT2D eigenvalue weighted by Crippen LogP contribution is 2.39. The van der Waals surface area contributed by atoms with Gasteiger partial charge in [0.1, 0.15) is 0 Å². The number of nitrogens with one attached hydrogen (secondary N) is 2. The Kier molecular flexibility index (Phi) is 6.27. The predicted molar refractivity (Wildman–Crippen MR) is 143 cm³/mol. The average molecular weight is 549 g/mol. The number of nitrogens with zero attached hydrogens (tertiary/aromatic N) is 2. The molecule has 0 amide bonds. The summed E-state index contributed by atoms with van der Waals surface area (Å²) < 4.78 is 0. The number of fused-ring (bicyclic) bond motifs is 2. The Balaban J connectivity index is 1.53. The lowest BCUT2D eigenvalue weighted by Crippen LogP contribution is -2.23. The van der Waals surface area contributed by atoms with Crippen LogP contribution in [-0.2, 0) is 0 Å². The van der Waals surface area contributed by atoms with E-state index in [1.54, 1.807) is 24.3 Å². The maximum atomic E-state index is 13.6. The van der Waals surface area contributed by atoms with Crippen LogP contribution in [0.15, 0.2) is 72.8 Å². The molecule has 12 heteroatoms.